The van der Waals surface area contributed by atoms with Gasteiger partial charge < -0.3 is 10.4 Å². The van der Waals surface area contributed by atoms with Gasteiger partial charge in [-0.1, -0.05) is 46.5 Å². The summed E-state index contributed by atoms with van der Waals surface area (Å²) >= 11 is 0. The minimum atomic E-state index is 0.0839. The number of hydrogen-bond donors (Lipinski definition) is 2. The van der Waals surface area contributed by atoms with Crippen molar-refractivity contribution in [2.24, 2.45) is 5.41 Å². The second-order valence-electron chi connectivity index (χ2n) is 5.93. The number of rotatable bonds is 11. The molecule has 0 aromatic rings. The molecule has 0 bridgehead atoms. The van der Waals surface area contributed by atoms with Crippen molar-refractivity contribution in [3.05, 3.63) is 0 Å². The molecule has 108 valence electrons. The Bertz CT molecular complexity index is 215. The number of nitrogens with one attached hydrogen (secondary N) is 1. The molecule has 3 heteroatoms. The Hall–Kier alpha value is -0.570. The van der Waals surface area contributed by atoms with Gasteiger partial charge in [-0.05, 0) is 24.7 Å². The minimum absolute atomic E-state index is 0.0839. The van der Waals surface area contributed by atoms with Crippen molar-refractivity contribution in [2.75, 3.05) is 13.2 Å². The molecule has 0 aromatic carbocycles. The fourth-order valence-corrected chi connectivity index (χ4v) is 1.96. The van der Waals surface area contributed by atoms with E-state index in [0.717, 1.165) is 25.7 Å². The summed E-state index contributed by atoms with van der Waals surface area (Å²) in [6.45, 7) is 7.39. The summed E-state index contributed by atoms with van der Waals surface area (Å²) in [5.74, 6) is 0.170. The molecule has 0 saturated carbocycles. The molecule has 3 nitrogen and oxygen atoms in total. The van der Waals surface area contributed by atoms with E-state index in [-0.39, 0.29) is 17.9 Å². The predicted molar refractivity (Wildman–Crippen MR) is 76.5 cm³/mol. The molecule has 0 aliphatic heterocycles. The molecule has 1 amide bonds. The Balaban J connectivity index is 3.56. The molecule has 18 heavy (non-hydrogen) atoms. The van der Waals surface area contributed by atoms with Gasteiger partial charge in [0, 0.05) is 19.6 Å². The molecule has 0 radical (unpaired) electrons. The van der Waals surface area contributed by atoms with Gasteiger partial charge in [-0.2, -0.15) is 0 Å². The van der Waals surface area contributed by atoms with E-state index in [1.807, 2.05) is 0 Å². The van der Waals surface area contributed by atoms with Crippen molar-refractivity contribution in [2.45, 2.75) is 72.1 Å². The van der Waals surface area contributed by atoms with E-state index in [1.54, 1.807) is 0 Å². The van der Waals surface area contributed by atoms with Crippen LogP contribution in [0.1, 0.15) is 72.1 Å². The first-order valence-corrected chi connectivity index (χ1v) is 7.39. The molecule has 0 unspecified atom stereocenters. The van der Waals surface area contributed by atoms with Gasteiger partial charge >= 0.3 is 0 Å². The summed E-state index contributed by atoms with van der Waals surface area (Å²) in [5.41, 5.74) is 0.0839. The van der Waals surface area contributed by atoms with Crippen LogP contribution in [0.2, 0.25) is 0 Å². The van der Waals surface area contributed by atoms with E-state index >= 15 is 0 Å². The molecular formula is C15H31NO2. The van der Waals surface area contributed by atoms with Crippen LogP contribution >= 0.6 is 0 Å². The van der Waals surface area contributed by atoms with E-state index < -0.39 is 0 Å². The topological polar surface area (TPSA) is 49.3 Å². The highest BCUT2D eigenvalue weighted by atomic mass is 16.2. The van der Waals surface area contributed by atoms with Crippen LogP contribution in [0.5, 0.6) is 0 Å². The lowest BCUT2D eigenvalue weighted by Crippen LogP contribution is -2.34. The van der Waals surface area contributed by atoms with Gasteiger partial charge in [0.25, 0.3) is 0 Å². The highest BCUT2D eigenvalue weighted by Crippen LogP contribution is 2.20. The zero-order valence-electron chi connectivity index (χ0n) is 12.4. The highest BCUT2D eigenvalue weighted by Gasteiger charge is 2.17. The fraction of sp³-hybridized carbons (Fsp3) is 0.933. The molecule has 0 aromatic heterocycles. The zero-order valence-corrected chi connectivity index (χ0v) is 12.4. The standard InChI is InChI=1S/C15H31NO2/c1-4-5-6-7-8-10-14(18)16-13-15(2,3)11-9-12-17/h17H,4-13H2,1-3H3,(H,16,18). The predicted octanol–water partition coefficient (Wildman–Crippen LogP) is 3.26. The fourth-order valence-electron chi connectivity index (χ4n) is 1.96. The Labute approximate surface area is 112 Å². The first-order valence-electron chi connectivity index (χ1n) is 7.39. The van der Waals surface area contributed by atoms with Crippen LogP contribution in [-0.4, -0.2) is 24.2 Å². The van der Waals surface area contributed by atoms with Crippen LogP contribution < -0.4 is 5.32 Å². The maximum atomic E-state index is 11.6. The Morgan fingerprint density at radius 3 is 2.39 bits per heavy atom. The molecule has 0 aliphatic carbocycles. The lowest BCUT2D eigenvalue weighted by atomic mass is 9.88. The molecule has 0 spiro atoms. The maximum Gasteiger partial charge on any atom is 0.220 e. The second-order valence-corrected chi connectivity index (χ2v) is 5.93. The van der Waals surface area contributed by atoms with E-state index in [9.17, 15) is 4.79 Å². The quantitative estimate of drug-likeness (QED) is 0.558. The summed E-state index contributed by atoms with van der Waals surface area (Å²) in [5, 5.41) is 11.8. The highest BCUT2D eigenvalue weighted by molar-refractivity contribution is 5.75. The van der Waals surface area contributed by atoms with Gasteiger partial charge in [0.15, 0.2) is 0 Å². The molecule has 2 N–H and O–H groups in total. The van der Waals surface area contributed by atoms with E-state index in [0.29, 0.717) is 13.0 Å². The van der Waals surface area contributed by atoms with Crippen LogP contribution in [0.25, 0.3) is 0 Å². The number of carbonyl (C=O) groups is 1. The van der Waals surface area contributed by atoms with Crippen molar-refractivity contribution in [1.29, 1.82) is 0 Å². The van der Waals surface area contributed by atoms with Gasteiger partial charge in [0.2, 0.25) is 5.91 Å². The van der Waals surface area contributed by atoms with Gasteiger partial charge in [0.1, 0.15) is 0 Å². The molecule has 0 rings (SSSR count). The van der Waals surface area contributed by atoms with Crippen molar-refractivity contribution >= 4 is 5.91 Å². The molecule has 0 atom stereocenters. The normalized spacial score (nSPS) is 11.6. The number of hydrogen-bond acceptors (Lipinski definition) is 2. The van der Waals surface area contributed by atoms with Gasteiger partial charge in [0.05, 0.1) is 0 Å². The number of unbranched alkanes of at least 4 members (excludes halogenated alkanes) is 4. The monoisotopic (exact) mass is 257 g/mol. The van der Waals surface area contributed by atoms with Crippen molar-refractivity contribution in [3.8, 4) is 0 Å². The second kappa shape index (κ2) is 10.4. The summed E-state index contributed by atoms with van der Waals surface area (Å²) < 4.78 is 0. The smallest absolute Gasteiger partial charge is 0.220 e. The summed E-state index contributed by atoms with van der Waals surface area (Å²) in [7, 11) is 0. The summed E-state index contributed by atoms with van der Waals surface area (Å²) in [6.07, 6.45) is 8.32. The van der Waals surface area contributed by atoms with Crippen LogP contribution in [0.3, 0.4) is 0 Å². The average Bonchev–Trinajstić information content (AvgIpc) is 2.34. The summed E-state index contributed by atoms with van der Waals surface area (Å²) in [6, 6.07) is 0. The van der Waals surface area contributed by atoms with Gasteiger partial charge in [-0.3, -0.25) is 4.79 Å². The van der Waals surface area contributed by atoms with E-state index in [1.165, 1.54) is 19.3 Å². The average molecular weight is 257 g/mol. The molecule has 0 heterocycles. The number of carbonyl (C=O) groups excluding carboxylic acids is 1. The number of amides is 1. The lowest BCUT2D eigenvalue weighted by molar-refractivity contribution is -0.121. The Morgan fingerprint density at radius 1 is 1.11 bits per heavy atom. The minimum Gasteiger partial charge on any atom is -0.396 e. The first-order chi connectivity index (χ1) is 8.52. The number of aliphatic hydroxyl groups is 1. The third kappa shape index (κ3) is 10.6. The van der Waals surface area contributed by atoms with E-state index in [2.05, 4.69) is 26.1 Å². The van der Waals surface area contributed by atoms with Crippen molar-refractivity contribution < 1.29 is 9.90 Å². The zero-order chi connectivity index (χ0) is 13.9. The van der Waals surface area contributed by atoms with Crippen LogP contribution in [0.4, 0.5) is 0 Å². The van der Waals surface area contributed by atoms with Crippen LogP contribution in [0, 0.1) is 5.41 Å². The van der Waals surface area contributed by atoms with Crippen molar-refractivity contribution in [3.63, 3.8) is 0 Å². The number of aliphatic hydroxyl groups excluding tert-OH is 1. The van der Waals surface area contributed by atoms with Crippen LogP contribution in [-0.2, 0) is 4.79 Å². The Kier molecular flexibility index (Phi) is 10.0. The molecule has 0 aliphatic rings. The SMILES string of the molecule is CCCCCCCC(=O)NCC(C)(C)CCCO. The van der Waals surface area contributed by atoms with Crippen molar-refractivity contribution in [1.82, 2.24) is 5.32 Å². The summed E-state index contributed by atoms with van der Waals surface area (Å²) in [4.78, 5) is 11.6. The molecular weight excluding hydrogens is 226 g/mol. The largest absolute Gasteiger partial charge is 0.396 e. The maximum absolute atomic E-state index is 11.6. The van der Waals surface area contributed by atoms with Crippen LogP contribution in [0.15, 0.2) is 0 Å². The van der Waals surface area contributed by atoms with E-state index in [4.69, 9.17) is 5.11 Å². The van der Waals surface area contributed by atoms with Gasteiger partial charge in [-0.15, -0.1) is 0 Å². The molecule has 0 saturated heterocycles. The Morgan fingerprint density at radius 2 is 1.78 bits per heavy atom. The van der Waals surface area contributed by atoms with Gasteiger partial charge in [-0.25, -0.2) is 0 Å². The lowest BCUT2D eigenvalue weighted by Gasteiger charge is -2.24. The third-order valence-corrected chi connectivity index (χ3v) is 3.28. The first kappa shape index (κ1) is 17.4. The third-order valence-electron chi connectivity index (χ3n) is 3.28. The molecule has 0 fully saturated rings.